The van der Waals surface area contributed by atoms with Crippen LogP contribution in [-0.2, 0) is 0 Å². The van der Waals surface area contributed by atoms with Crippen LogP contribution >= 0.6 is 0 Å². The number of aliphatic hydroxyl groups is 1. The van der Waals surface area contributed by atoms with Gasteiger partial charge in [0.1, 0.15) is 0 Å². The molecule has 1 aromatic carbocycles. The fourth-order valence-corrected chi connectivity index (χ4v) is 3.10. The summed E-state index contributed by atoms with van der Waals surface area (Å²) in [5.74, 6) is 0.226. The summed E-state index contributed by atoms with van der Waals surface area (Å²) in [4.78, 5) is 0. The Bertz CT molecular complexity index is 537. The number of rotatable bonds is 3. The van der Waals surface area contributed by atoms with E-state index in [2.05, 4.69) is 42.0 Å². The van der Waals surface area contributed by atoms with Gasteiger partial charge in [-0.15, -0.1) is 0 Å². The van der Waals surface area contributed by atoms with E-state index in [0.29, 0.717) is 6.04 Å². The molecule has 0 saturated heterocycles. The largest absolute Gasteiger partial charge is 0.396 e. The standard InChI is InChI=1S/C16H21NO/c1-12(11-18)13-6-7-16-14(10-13)8-9-17(16)15-4-2-3-5-15/h6-10,12,15,18H,2-5,11H2,1H3. The molecule has 0 bridgehead atoms. The molecule has 1 heterocycles. The first-order valence-electron chi connectivity index (χ1n) is 7.01. The maximum absolute atomic E-state index is 9.23. The third-order valence-corrected chi connectivity index (χ3v) is 4.31. The molecule has 2 heteroatoms. The van der Waals surface area contributed by atoms with E-state index < -0.39 is 0 Å². The van der Waals surface area contributed by atoms with Gasteiger partial charge in [0.05, 0.1) is 0 Å². The van der Waals surface area contributed by atoms with Crippen molar-refractivity contribution in [2.45, 2.75) is 44.6 Å². The zero-order valence-electron chi connectivity index (χ0n) is 11.0. The van der Waals surface area contributed by atoms with E-state index in [0.717, 1.165) is 0 Å². The average Bonchev–Trinajstić information content (AvgIpc) is 3.05. The first kappa shape index (κ1) is 11.8. The molecule has 1 aromatic heterocycles. The lowest BCUT2D eigenvalue weighted by atomic mass is 10.0. The van der Waals surface area contributed by atoms with Crippen molar-refractivity contribution >= 4 is 10.9 Å². The highest BCUT2D eigenvalue weighted by molar-refractivity contribution is 5.81. The summed E-state index contributed by atoms with van der Waals surface area (Å²) < 4.78 is 2.44. The molecule has 96 valence electrons. The van der Waals surface area contributed by atoms with Crippen LogP contribution in [0.15, 0.2) is 30.5 Å². The van der Waals surface area contributed by atoms with Crippen molar-refractivity contribution in [2.24, 2.45) is 0 Å². The van der Waals surface area contributed by atoms with E-state index in [1.54, 1.807) is 0 Å². The number of benzene rings is 1. The quantitative estimate of drug-likeness (QED) is 0.870. The minimum Gasteiger partial charge on any atom is -0.396 e. The van der Waals surface area contributed by atoms with Crippen molar-refractivity contribution in [2.75, 3.05) is 6.61 Å². The minimum atomic E-state index is 0.217. The molecule has 1 aliphatic carbocycles. The van der Waals surface area contributed by atoms with E-state index in [-0.39, 0.29) is 12.5 Å². The van der Waals surface area contributed by atoms with Gasteiger partial charge in [-0.1, -0.05) is 25.8 Å². The molecule has 18 heavy (non-hydrogen) atoms. The van der Waals surface area contributed by atoms with Crippen LogP contribution in [0, 0.1) is 0 Å². The first-order valence-corrected chi connectivity index (χ1v) is 7.01. The van der Waals surface area contributed by atoms with E-state index in [4.69, 9.17) is 0 Å². The molecule has 1 saturated carbocycles. The van der Waals surface area contributed by atoms with Crippen molar-refractivity contribution < 1.29 is 5.11 Å². The van der Waals surface area contributed by atoms with Gasteiger partial charge in [0.15, 0.2) is 0 Å². The van der Waals surface area contributed by atoms with Crippen LogP contribution in [0.5, 0.6) is 0 Å². The van der Waals surface area contributed by atoms with Crippen molar-refractivity contribution in [1.82, 2.24) is 4.57 Å². The summed E-state index contributed by atoms with van der Waals surface area (Å²) in [7, 11) is 0. The van der Waals surface area contributed by atoms with E-state index in [9.17, 15) is 5.11 Å². The zero-order valence-corrected chi connectivity index (χ0v) is 11.0. The molecule has 1 atom stereocenters. The Morgan fingerprint density at radius 1 is 1.28 bits per heavy atom. The van der Waals surface area contributed by atoms with Gasteiger partial charge in [-0.05, 0) is 42.0 Å². The van der Waals surface area contributed by atoms with Crippen LogP contribution < -0.4 is 0 Å². The Morgan fingerprint density at radius 3 is 2.78 bits per heavy atom. The van der Waals surface area contributed by atoms with Crippen LogP contribution in [-0.4, -0.2) is 16.3 Å². The fourth-order valence-electron chi connectivity index (χ4n) is 3.10. The van der Waals surface area contributed by atoms with Crippen LogP contribution in [0.25, 0.3) is 10.9 Å². The highest BCUT2D eigenvalue weighted by atomic mass is 16.3. The van der Waals surface area contributed by atoms with E-state index >= 15 is 0 Å². The lowest BCUT2D eigenvalue weighted by Crippen LogP contribution is -2.03. The Kier molecular flexibility index (Phi) is 3.13. The second kappa shape index (κ2) is 4.77. The highest BCUT2D eigenvalue weighted by Gasteiger charge is 2.18. The first-order chi connectivity index (χ1) is 8.79. The van der Waals surface area contributed by atoms with Gasteiger partial charge < -0.3 is 9.67 Å². The predicted molar refractivity (Wildman–Crippen MR) is 74.9 cm³/mol. The smallest absolute Gasteiger partial charge is 0.0497 e. The van der Waals surface area contributed by atoms with Crippen LogP contribution in [0.4, 0.5) is 0 Å². The SMILES string of the molecule is CC(CO)c1ccc2c(ccn2C2CCCC2)c1. The summed E-state index contributed by atoms with van der Waals surface area (Å²) in [5.41, 5.74) is 2.57. The van der Waals surface area contributed by atoms with Crippen molar-refractivity contribution in [3.63, 3.8) is 0 Å². The normalized spacial score (nSPS) is 18.6. The topological polar surface area (TPSA) is 25.2 Å². The summed E-state index contributed by atoms with van der Waals surface area (Å²) in [6.45, 7) is 2.28. The maximum atomic E-state index is 9.23. The average molecular weight is 243 g/mol. The molecule has 0 spiro atoms. The second-order valence-corrected chi connectivity index (χ2v) is 5.56. The fraction of sp³-hybridized carbons (Fsp3) is 0.500. The summed E-state index contributed by atoms with van der Waals surface area (Å²) in [5, 5.41) is 10.5. The number of hydrogen-bond donors (Lipinski definition) is 1. The van der Waals surface area contributed by atoms with Gasteiger partial charge in [0.25, 0.3) is 0 Å². The van der Waals surface area contributed by atoms with Crippen LogP contribution in [0.2, 0.25) is 0 Å². The molecule has 1 aliphatic rings. The summed E-state index contributed by atoms with van der Waals surface area (Å²) in [6, 6.07) is 9.51. The van der Waals surface area contributed by atoms with Crippen molar-refractivity contribution in [3.05, 3.63) is 36.0 Å². The van der Waals surface area contributed by atoms with Gasteiger partial charge >= 0.3 is 0 Å². The molecule has 1 fully saturated rings. The Hall–Kier alpha value is -1.28. The number of fused-ring (bicyclic) bond motifs is 1. The molecule has 1 unspecified atom stereocenters. The number of hydrogen-bond acceptors (Lipinski definition) is 1. The van der Waals surface area contributed by atoms with E-state index in [1.807, 2.05) is 0 Å². The molecule has 0 amide bonds. The lowest BCUT2D eigenvalue weighted by Gasteiger charge is -2.14. The zero-order chi connectivity index (χ0) is 12.5. The molecule has 1 N–H and O–H groups in total. The van der Waals surface area contributed by atoms with Gasteiger partial charge in [-0.2, -0.15) is 0 Å². The third kappa shape index (κ3) is 1.95. The van der Waals surface area contributed by atoms with Gasteiger partial charge in [-0.3, -0.25) is 0 Å². The molecule has 2 aromatic rings. The van der Waals surface area contributed by atoms with Crippen LogP contribution in [0.3, 0.4) is 0 Å². The predicted octanol–water partition coefficient (Wildman–Crippen LogP) is 3.85. The number of aromatic nitrogens is 1. The minimum absolute atomic E-state index is 0.217. The Labute approximate surface area is 108 Å². The second-order valence-electron chi connectivity index (χ2n) is 5.56. The molecular formula is C16H21NO. The molecular weight excluding hydrogens is 222 g/mol. The molecule has 3 rings (SSSR count). The van der Waals surface area contributed by atoms with Crippen molar-refractivity contribution in [1.29, 1.82) is 0 Å². The highest BCUT2D eigenvalue weighted by Crippen LogP contribution is 2.33. The van der Waals surface area contributed by atoms with Crippen molar-refractivity contribution in [3.8, 4) is 0 Å². The third-order valence-electron chi connectivity index (χ3n) is 4.31. The lowest BCUT2D eigenvalue weighted by molar-refractivity contribution is 0.273. The van der Waals surface area contributed by atoms with Gasteiger partial charge in [0.2, 0.25) is 0 Å². The number of aliphatic hydroxyl groups excluding tert-OH is 1. The van der Waals surface area contributed by atoms with E-state index in [1.165, 1.54) is 42.1 Å². The van der Waals surface area contributed by atoms with Crippen LogP contribution in [0.1, 0.15) is 50.1 Å². The molecule has 2 nitrogen and oxygen atoms in total. The van der Waals surface area contributed by atoms with Gasteiger partial charge in [0, 0.05) is 30.3 Å². The Balaban J connectivity index is 1.99. The van der Waals surface area contributed by atoms with Gasteiger partial charge in [-0.25, -0.2) is 0 Å². The molecule has 0 aliphatic heterocycles. The monoisotopic (exact) mass is 243 g/mol. The summed E-state index contributed by atoms with van der Waals surface area (Å²) in [6.07, 6.45) is 7.60. The number of nitrogens with zero attached hydrogens (tertiary/aromatic N) is 1. The summed E-state index contributed by atoms with van der Waals surface area (Å²) >= 11 is 0. The molecule has 0 radical (unpaired) electrons. The Morgan fingerprint density at radius 2 is 2.06 bits per heavy atom. The maximum Gasteiger partial charge on any atom is 0.0497 e.